The molecular weight excluding hydrogens is 727 g/mol. The Bertz CT molecular complexity index is 2380. The Morgan fingerprint density at radius 2 is 1.68 bits per heavy atom. The van der Waals surface area contributed by atoms with Crippen LogP contribution in [0.25, 0.3) is 16.5 Å². The number of hydrogen-bond acceptors (Lipinski definition) is 10. The largest absolute Gasteiger partial charge is 0.492 e. The number of nitrogens with one attached hydrogen (secondary N) is 3. The van der Waals surface area contributed by atoms with Gasteiger partial charge in [-0.25, -0.2) is 14.5 Å². The molecule has 4 aromatic carbocycles. The first-order chi connectivity index (χ1) is 26.9. The van der Waals surface area contributed by atoms with E-state index >= 15 is 0 Å². The van der Waals surface area contributed by atoms with E-state index in [2.05, 4.69) is 51.6 Å². The molecular formula is C42H47N8O5P. The Morgan fingerprint density at radius 3 is 2.46 bits per heavy atom. The molecule has 7 rings (SSSR count). The van der Waals surface area contributed by atoms with Gasteiger partial charge in [-0.05, 0) is 49.7 Å². The third kappa shape index (κ3) is 9.54. The molecule has 6 aromatic rings. The zero-order valence-corrected chi connectivity index (χ0v) is 33.2. The van der Waals surface area contributed by atoms with Crippen molar-refractivity contribution < 1.29 is 23.6 Å². The summed E-state index contributed by atoms with van der Waals surface area (Å²) in [5.74, 6) is 2.50. The highest BCUT2D eigenvalue weighted by molar-refractivity contribution is 7.70. The number of aromatic nitrogens is 4. The van der Waals surface area contributed by atoms with Crippen molar-refractivity contribution in [1.29, 1.82) is 0 Å². The minimum atomic E-state index is -2.52. The van der Waals surface area contributed by atoms with Gasteiger partial charge in [-0.2, -0.15) is 10.1 Å². The van der Waals surface area contributed by atoms with Gasteiger partial charge in [0.25, 0.3) is 0 Å². The smallest absolute Gasteiger partial charge is 0.324 e. The molecule has 14 heteroatoms. The fourth-order valence-electron chi connectivity index (χ4n) is 6.21. The Labute approximate surface area is 326 Å². The van der Waals surface area contributed by atoms with E-state index in [1.165, 1.54) is 0 Å². The van der Waals surface area contributed by atoms with Crippen molar-refractivity contribution in [2.45, 2.75) is 26.2 Å². The highest BCUT2D eigenvalue weighted by Crippen LogP contribution is 2.36. The van der Waals surface area contributed by atoms with Crippen molar-refractivity contribution in [1.82, 2.24) is 24.6 Å². The number of fused-ring (bicyclic) bond motifs is 1. The fraction of sp³-hybridized carbons (Fsp3) is 0.286. The molecule has 290 valence electrons. The number of amides is 2. The van der Waals surface area contributed by atoms with Gasteiger partial charge in [0.1, 0.15) is 31.1 Å². The van der Waals surface area contributed by atoms with Crippen LogP contribution < -0.4 is 30.7 Å². The molecule has 3 N–H and O–H groups in total. The predicted octanol–water partition coefficient (Wildman–Crippen LogP) is 8.25. The molecule has 0 unspecified atom stereocenters. The molecule has 56 heavy (non-hydrogen) atoms. The second-order valence-corrected chi connectivity index (χ2v) is 18.2. The van der Waals surface area contributed by atoms with E-state index in [1.54, 1.807) is 42.4 Å². The van der Waals surface area contributed by atoms with Gasteiger partial charge in [0.2, 0.25) is 11.8 Å². The van der Waals surface area contributed by atoms with Crippen molar-refractivity contribution in [3.63, 3.8) is 0 Å². The SMILES string of the molecule is CC(C)(C)c1cc(NC(=O)Nc2ccc(Oc3ccnc(Nc4cccc(OCCN5CCOCC5)c4)n3)c3ccccc23)n(-c2cccc(P(C)(C)=O)c2)n1. The zero-order valence-electron chi connectivity index (χ0n) is 32.3. The number of carbonyl (C=O) groups is 1. The quantitative estimate of drug-likeness (QED) is 0.104. The summed E-state index contributed by atoms with van der Waals surface area (Å²) in [7, 11) is -2.52. The fourth-order valence-corrected chi connectivity index (χ4v) is 7.10. The summed E-state index contributed by atoms with van der Waals surface area (Å²) in [6.45, 7) is 14.4. The number of urea groups is 1. The lowest BCUT2D eigenvalue weighted by atomic mass is 9.92. The first-order valence-electron chi connectivity index (χ1n) is 18.6. The van der Waals surface area contributed by atoms with Gasteiger partial charge in [-0.15, -0.1) is 0 Å². The number of benzene rings is 4. The Morgan fingerprint density at radius 1 is 0.893 bits per heavy atom. The Kier molecular flexibility index (Phi) is 11.4. The molecule has 0 aliphatic carbocycles. The van der Waals surface area contributed by atoms with Crippen molar-refractivity contribution in [3.05, 3.63) is 109 Å². The van der Waals surface area contributed by atoms with Gasteiger partial charge >= 0.3 is 6.03 Å². The van der Waals surface area contributed by atoms with Gasteiger partial charge in [0.05, 0.1) is 30.3 Å². The lowest BCUT2D eigenvalue weighted by Gasteiger charge is -2.26. The summed E-state index contributed by atoms with van der Waals surface area (Å²) in [6.07, 6.45) is 1.63. The van der Waals surface area contributed by atoms with E-state index in [1.807, 2.05) is 78.9 Å². The summed E-state index contributed by atoms with van der Waals surface area (Å²) in [5, 5.41) is 16.4. The van der Waals surface area contributed by atoms with Crippen LogP contribution >= 0.6 is 7.14 Å². The molecule has 1 aliphatic heterocycles. The van der Waals surface area contributed by atoms with Crippen LogP contribution in [0.5, 0.6) is 17.4 Å². The molecule has 3 heterocycles. The number of morpholine rings is 1. The van der Waals surface area contributed by atoms with Crippen LogP contribution in [0.2, 0.25) is 0 Å². The lowest BCUT2D eigenvalue weighted by Crippen LogP contribution is -2.38. The van der Waals surface area contributed by atoms with Crippen LogP contribution in [0.4, 0.5) is 27.9 Å². The number of nitrogens with zero attached hydrogens (tertiary/aromatic N) is 5. The minimum Gasteiger partial charge on any atom is -0.492 e. The number of hydrogen-bond donors (Lipinski definition) is 3. The lowest BCUT2D eigenvalue weighted by molar-refractivity contribution is 0.0322. The van der Waals surface area contributed by atoms with E-state index in [0.29, 0.717) is 41.4 Å². The van der Waals surface area contributed by atoms with Gasteiger partial charge in [-0.3, -0.25) is 10.2 Å². The molecule has 0 saturated carbocycles. The third-order valence-electron chi connectivity index (χ3n) is 9.26. The molecule has 1 saturated heterocycles. The summed E-state index contributed by atoms with van der Waals surface area (Å²) in [6, 6.07) is 29.5. The summed E-state index contributed by atoms with van der Waals surface area (Å²) in [4.78, 5) is 24.9. The first kappa shape index (κ1) is 38.5. The predicted molar refractivity (Wildman–Crippen MR) is 223 cm³/mol. The van der Waals surface area contributed by atoms with Crippen LogP contribution in [0, 0.1) is 0 Å². The molecule has 0 spiro atoms. The maximum atomic E-state index is 13.6. The van der Waals surface area contributed by atoms with E-state index in [-0.39, 0.29) is 5.41 Å². The van der Waals surface area contributed by atoms with Gasteiger partial charge in [0, 0.05) is 71.2 Å². The van der Waals surface area contributed by atoms with Gasteiger partial charge in [0.15, 0.2) is 0 Å². The average molecular weight is 775 g/mol. The monoisotopic (exact) mass is 774 g/mol. The summed E-state index contributed by atoms with van der Waals surface area (Å²) in [5.41, 5.74) is 2.58. The van der Waals surface area contributed by atoms with E-state index in [0.717, 1.165) is 66.1 Å². The second-order valence-electron chi connectivity index (χ2n) is 15.0. The minimum absolute atomic E-state index is 0.281. The van der Waals surface area contributed by atoms with Crippen LogP contribution in [0.3, 0.4) is 0 Å². The van der Waals surface area contributed by atoms with E-state index in [9.17, 15) is 9.36 Å². The molecule has 0 atom stereocenters. The topological polar surface area (TPSA) is 145 Å². The number of rotatable bonds is 12. The highest BCUT2D eigenvalue weighted by atomic mass is 31.2. The zero-order chi connectivity index (χ0) is 39.3. The first-order valence-corrected chi connectivity index (χ1v) is 21.2. The van der Waals surface area contributed by atoms with E-state index < -0.39 is 13.2 Å². The highest BCUT2D eigenvalue weighted by Gasteiger charge is 2.23. The molecule has 13 nitrogen and oxygen atoms in total. The van der Waals surface area contributed by atoms with Crippen molar-refractivity contribution in [3.8, 4) is 23.1 Å². The van der Waals surface area contributed by atoms with Gasteiger partial charge in [-0.1, -0.05) is 63.2 Å². The van der Waals surface area contributed by atoms with Crippen LogP contribution in [-0.2, 0) is 14.7 Å². The Balaban J connectivity index is 1.05. The molecule has 1 aliphatic rings. The van der Waals surface area contributed by atoms with Crippen LogP contribution in [-0.4, -0.2) is 83.5 Å². The summed E-state index contributed by atoms with van der Waals surface area (Å²) >= 11 is 0. The van der Waals surface area contributed by atoms with Crippen molar-refractivity contribution >= 4 is 52.4 Å². The third-order valence-corrected chi connectivity index (χ3v) is 10.8. The summed E-state index contributed by atoms with van der Waals surface area (Å²) < 4.78 is 32.3. The number of ether oxygens (including phenoxy) is 3. The Hall–Kier alpha value is -5.75. The number of carbonyl (C=O) groups excluding carboxylic acids is 1. The maximum Gasteiger partial charge on any atom is 0.324 e. The average Bonchev–Trinajstić information content (AvgIpc) is 3.61. The molecule has 2 aromatic heterocycles. The molecule has 0 bridgehead atoms. The normalized spacial score (nSPS) is 13.7. The molecule has 2 amide bonds. The van der Waals surface area contributed by atoms with Crippen molar-refractivity contribution in [2.24, 2.45) is 0 Å². The maximum absolute atomic E-state index is 13.6. The van der Waals surface area contributed by atoms with Crippen molar-refractivity contribution in [2.75, 3.05) is 68.7 Å². The van der Waals surface area contributed by atoms with Crippen LogP contribution in [0.1, 0.15) is 26.5 Å². The molecule has 0 radical (unpaired) electrons. The number of anilines is 4. The standard InChI is InChI=1S/C42H47N8O5P/c1-42(2,3)37-28-38(50(48-37)30-11-9-13-32(27-30)56(4,5)52)46-41(51)45-35-16-17-36(34-15-7-6-14-33(34)35)55-39-18-19-43-40(47-39)44-29-10-8-12-31(26-29)54-25-22-49-20-23-53-24-21-49/h6-19,26-28H,20-25H2,1-5H3,(H,43,44,47)(H2,45,46,51). The second kappa shape index (κ2) is 16.5. The van der Waals surface area contributed by atoms with E-state index in [4.69, 9.17) is 19.3 Å². The molecule has 1 fully saturated rings. The van der Waals surface area contributed by atoms with Gasteiger partial charge < -0.3 is 29.4 Å². The van der Waals surface area contributed by atoms with Crippen LogP contribution in [0.15, 0.2) is 103 Å².